The lowest BCUT2D eigenvalue weighted by atomic mass is 10.1. The van der Waals surface area contributed by atoms with E-state index >= 15 is 0 Å². The van der Waals surface area contributed by atoms with E-state index in [0.717, 1.165) is 0 Å². The fourth-order valence-electron chi connectivity index (χ4n) is 1.21. The summed E-state index contributed by atoms with van der Waals surface area (Å²) in [6, 6.07) is 3.08. The molecule has 0 atom stereocenters. The summed E-state index contributed by atoms with van der Waals surface area (Å²) in [5, 5.41) is 9.44. The summed E-state index contributed by atoms with van der Waals surface area (Å²) in [4.78, 5) is 10.6. The third-order valence-electron chi connectivity index (χ3n) is 1.72. The number of hydrogen-bond donors (Lipinski definition) is 1. The molecule has 0 radical (unpaired) electrons. The lowest BCUT2D eigenvalue weighted by Crippen LogP contribution is -2.04. The van der Waals surface area contributed by atoms with E-state index in [1.54, 1.807) is 13.0 Å². The first kappa shape index (κ1) is 12.1. The van der Waals surface area contributed by atoms with Gasteiger partial charge in [0, 0.05) is 10.6 Å². The molecule has 0 amide bonds. The van der Waals surface area contributed by atoms with Crippen molar-refractivity contribution in [1.29, 1.82) is 0 Å². The van der Waals surface area contributed by atoms with E-state index in [9.17, 15) is 4.79 Å². The van der Waals surface area contributed by atoms with Crippen LogP contribution in [0.4, 0.5) is 0 Å². The number of rotatable bonds is 4. The summed E-state index contributed by atoms with van der Waals surface area (Å²) in [5.41, 5.74) is 0.488. The van der Waals surface area contributed by atoms with Crippen molar-refractivity contribution in [2.24, 2.45) is 0 Å². The number of hydrogen-bond acceptors (Lipinski definition) is 2. The summed E-state index contributed by atoms with van der Waals surface area (Å²) in [5.74, 6) is -0.555. The van der Waals surface area contributed by atoms with Crippen molar-refractivity contribution in [3.05, 3.63) is 27.7 Å². The van der Waals surface area contributed by atoms with Crippen LogP contribution in [0.2, 0.25) is 10.0 Å². The summed E-state index contributed by atoms with van der Waals surface area (Å²) in [6.07, 6.45) is -0.157. The zero-order chi connectivity index (χ0) is 11.4. The predicted molar refractivity (Wildman–Crippen MR) is 59.0 cm³/mol. The third-order valence-corrected chi connectivity index (χ3v) is 2.21. The summed E-state index contributed by atoms with van der Waals surface area (Å²) < 4.78 is 5.27. The molecular formula is C10H10Cl2O3. The Balaban J connectivity index is 3.13. The Bertz CT molecular complexity index is 377. The fraction of sp³-hybridized carbons (Fsp3) is 0.300. The van der Waals surface area contributed by atoms with Gasteiger partial charge in [-0.25, -0.2) is 0 Å². The average molecular weight is 249 g/mol. The minimum Gasteiger partial charge on any atom is -0.492 e. The van der Waals surface area contributed by atoms with E-state index in [1.165, 1.54) is 6.07 Å². The molecule has 0 fully saturated rings. The Labute approximate surface area is 97.6 Å². The number of carboxylic acids is 1. The molecule has 0 aromatic heterocycles. The standard InChI is InChI=1S/C10H10Cl2O3/c1-2-15-10-6(4-9(13)14)3-7(11)5-8(10)12/h3,5H,2,4H2,1H3,(H,13,14). The van der Waals surface area contributed by atoms with Crippen LogP contribution in [0, 0.1) is 0 Å². The molecule has 0 unspecified atom stereocenters. The van der Waals surface area contributed by atoms with Crippen LogP contribution >= 0.6 is 23.2 Å². The van der Waals surface area contributed by atoms with Crippen molar-refractivity contribution in [3.8, 4) is 5.75 Å². The van der Waals surface area contributed by atoms with Crippen molar-refractivity contribution in [2.45, 2.75) is 13.3 Å². The van der Waals surface area contributed by atoms with Gasteiger partial charge in [-0.15, -0.1) is 0 Å². The molecule has 0 heterocycles. The first-order valence-corrected chi connectivity index (χ1v) is 5.12. The zero-order valence-corrected chi connectivity index (χ0v) is 9.60. The second-order valence-corrected chi connectivity index (χ2v) is 3.72. The van der Waals surface area contributed by atoms with Crippen LogP contribution in [0.1, 0.15) is 12.5 Å². The van der Waals surface area contributed by atoms with Crippen LogP contribution in [0.3, 0.4) is 0 Å². The Kier molecular flexibility index (Phi) is 4.24. The molecule has 0 saturated heterocycles. The topological polar surface area (TPSA) is 46.5 Å². The minimum atomic E-state index is -0.950. The van der Waals surface area contributed by atoms with Crippen molar-refractivity contribution in [1.82, 2.24) is 0 Å². The van der Waals surface area contributed by atoms with Gasteiger partial charge in [0.05, 0.1) is 18.1 Å². The van der Waals surface area contributed by atoms with Gasteiger partial charge in [0.25, 0.3) is 0 Å². The molecule has 1 aromatic rings. The molecule has 0 saturated carbocycles. The van der Waals surface area contributed by atoms with Crippen molar-refractivity contribution >= 4 is 29.2 Å². The second-order valence-electron chi connectivity index (χ2n) is 2.88. The number of ether oxygens (including phenoxy) is 1. The number of carbonyl (C=O) groups is 1. The highest BCUT2D eigenvalue weighted by Gasteiger charge is 2.12. The predicted octanol–water partition coefficient (Wildman–Crippen LogP) is 3.02. The molecule has 1 rings (SSSR count). The Morgan fingerprint density at radius 2 is 2.13 bits per heavy atom. The normalized spacial score (nSPS) is 10.1. The number of benzene rings is 1. The largest absolute Gasteiger partial charge is 0.492 e. The van der Waals surface area contributed by atoms with Crippen LogP contribution < -0.4 is 4.74 Å². The highest BCUT2D eigenvalue weighted by molar-refractivity contribution is 6.35. The molecule has 1 N–H and O–H groups in total. The minimum absolute atomic E-state index is 0.157. The van der Waals surface area contributed by atoms with E-state index in [4.69, 9.17) is 33.0 Å². The summed E-state index contributed by atoms with van der Waals surface area (Å²) >= 11 is 11.7. The van der Waals surface area contributed by atoms with E-state index < -0.39 is 5.97 Å². The molecule has 0 aliphatic heterocycles. The highest BCUT2D eigenvalue weighted by atomic mass is 35.5. The molecule has 3 nitrogen and oxygen atoms in total. The van der Waals surface area contributed by atoms with Gasteiger partial charge < -0.3 is 9.84 Å². The lowest BCUT2D eigenvalue weighted by Gasteiger charge is -2.11. The zero-order valence-electron chi connectivity index (χ0n) is 8.09. The van der Waals surface area contributed by atoms with Crippen molar-refractivity contribution in [2.75, 3.05) is 6.61 Å². The first-order chi connectivity index (χ1) is 7.04. The molecular weight excluding hydrogens is 239 g/mol. The summed E-state index contributed by atoms with van der Waals surface area (Å²) in [6.45, 7) is 2.23. The molecule has 82 valence electrons. The third kappa shape index (κ3) is 3.29. The van der Waals surface area contributed by atoms with Crippen LogP contribution in [0.5, 0.6) is 5.75 Å². The Morgan fingerprint density at radius 1 is 1.47 bits per heavy atom. The molecule has 15 heavy (non-hydrogen) atoms. The number of carboxylic acid groups (broad SMARTS) is 1. The van der Waals surface area contributed by atoms with Crippen LogP contribution in [0.15, 0.2) is 12.1 Å². The van der Waals surface area contributed by atoms with Crippen molar-refractivity contribution in [3.63, 3.8) is 0 Å². The van der Waals surface area contributed by atoms with Gasteiger partial charge in [-0.2, -0.15) is 0 Å². The Morgan fingerprint density at radius 3 is 2.67 bits per heavy atom. The Hall–Kier alpha value is -0.930. The number of halogens is 2. The van der Waals surface area contributed by atoms with E-state index in [0.29, 0.717) is 28.0 Å². The van der Waals surface area contributed by atoms with Crippen LogP contribution in [-0.2, 0) is 11.2 Å². The average Bonchev–Trinajstić information content (AvgIpc) is 2.10. The van der Waals surface area contributed by atoms with Crippen LogP contribution in [0.25, 0.3) is 0 Å². The number of aliphatic carboxylic acids is 1. The maximum atomic E-state index is 10.6. The molecule has 0 bridgehead atoms. The quantitative estimate of drug-likeness (QED) is 0.892. The van der Waals surface area contributed by atoms with Gasteiger partial charge in [-0.1, -0.05) is 23.2 Å². The van der Waals surface area contributed by atoms with Gasteiger partial charge in [0.15, 0.2) is 0 Å². The maximum absolute atomic E-state index is 10.6. The van der Waals surface area contributed by atoms with Crippen molar-refractivity contribution < 1.29 is 14.6 Å². The molecule has 0 aliphatic carbocycles. The molecule has 5 heteroatoms. The SMILES string of the molecule is CCOc1c(Cl)cc(Cl)cc1CC(=O)O. The van der Waals surface area contributed by atoms with Gasteiger partial charge >= 0.3 is 5.97 Å². The van der Waals surface area contributed by atoms with Gasteiger partial charge in [-0.3, -0.25) is 4.79 Å². The second kappa shape index (κ2) is 5.24. The van der Waals surface area contributed by atoms with Gasteiger partial charge in [0.1, 0.15) is 5.75 Å². The molecule has 0 aliphatic rings. The molecule has 1 aromatic carbocycles. The van der Waals surface area contributed by atoms with E-state index in [-0.39, 0.29) is 6.42 Å². The van der Waals surface area contributed by atoms with E-state index in [1.807, 2.05) is 0 Å². The highest BCUT2D eigenvalue weighted by Crippen LogP contribution is 2.32. The van der Waals surface area contributed by atoms with Crippen LogP contribution in [-0.4, -0.2) is 17.7 Å². The lowest BCUT2D eigenvalue weighted by molar-refractivity contribution is -0.136. The van der Waals surface area contributed by atoms with Gasteiger partial charge in [-0.05, 0) is 19.1 Å². The maximum Gasteiger partial charge on any atom is 0.307 e. The monoisotopic (exact) mass is 248 g/mol. The first-order valence-electron chi connectivity index (χ1n) is 4.37. The van der Waals surface area contributed by atoms with Gasteiger partial charge in [0.2, 0.25) is 0 Å². The molecule has 0 spiro atoms. The van der Waals surface area contributed by atoms with E-state index in [2.05, 4.69) is 0 Å². The summed E-state index contributed by atoms with van der Waals surface area (Å²) in [7, 11) is 0. The fourth-order valence-corrected chi connectivity index (χ4v) is 1.80. The smallest absolute Gasteiger partial charge is 0.307 e.